The zero-order valence-electron chi connectivity index (χ0n) is 18.9. The summed E-state index contributed by atoms with van der Waals surface area (Å²) in [6, 6.07) is 11.1. The fraction of sp³-hybridized carbons (Fsp3) is 0.375. The minimum atomic E-state index is -0.728. The van der Waals surface area contributed by atoms with Crippen molar-refractivity contribution >= 4 is 23.5 Å². The van der Waals surface area contributed by atoms with E-state index in [0.29, 0.717) is 24.6 Å². The lowest BCUT2D eigenvalue weighted by molar-refractivity contribution is -0.384. The molecule has 1 aliphatic rings. The smallest absolute Gasteiger partial charge is 0.338 e. The molecule has 1 aliphatic heterocycles. The molecule has 0 aliphatic carbocycles. The molecule has 0 saturated carbocycles. The van der Waals surface area contributed by atoms with Gasteiger partial charge in [0.15, 0.2) is 0 Å². The lowest BCUT2D eigenvalue weighted by Gasteiger charge is -2.35. The van der Waals surface area contributed by atoms with Gasteiger partial charge in [-0.05, 0) is 36.6 Å². The van der Waals surface area contributed by atoms with Crippen molar-refractivity contribution in [3.8, 4) is 0 Å². The van der Waals surface area contributed by atoms with Gasteiger partial charge >= 0.3 is 5.97 Å². The van der Waals surface area contributed by atoms with E-state index in [9.17, 15) is 24.5 Å². The van der Waals surface area contributed by atoms with Crippen molar-refractivity contribution in [2.75, 3.05) is 32.8 Å². The van der Waals surface area contributed by atoms with Crippen LogP contribution in [-0.4, -0.2) is 65.3 Å². The minimum Gasteiger partial charge on any atom is -0.462 e. The molecule has 1 fully saturated rings. The minimum absolute atomic E-state index is 0.0382. The molecule has 0 N–H and O–H groups in total. The van der Waals surface area contributed by atoms with E-state index in [4.69, 9.17) is 4.74 Å². The van der Waals surface area contributed by atoms with Gasteiger partial charge in [-0.3, -0.25) is 19.7 Å². The van der Waals surface area contributed by atoms with Crippen LogP contribution >= 0.6 is 0 Å². The van der Waals surface area contributed by atoms with E-state index in [1.165, 1.54) is 11.0 Å². The molecule has 0 spiro atoms. The summed E-state index contributed by atoms with van der Waals surface area (Å²) in [6.45, 7) is 7.17. The fourth-order valence-electron chi connectivity index (χ4n) is 3.66. The Bertz CT molecular complexity index is 1060. The van der Waals surface area contributed by atoms with Crippen molar-refractivity contribution in [3.05, 3.63) is 74.8 Å². The maximum Gasteiger partial charge on any atom is 0.338 e. The van der Waals surface area contributed by atoms with Crippen molar-refractivity contribution in [3.63, 3.8) is 0 Å². The SMILES string of the molecule is CCOC(=O)c1cc(C(=O)N2CCN(C(=O)c3ccc(C(C)C)cc3)CC2)cc([N+](=O)[O-])c1. The molecule has 3 rings (SSSR count). The highest BCUT2D eigenvalue weighted by Crippen LogP contribution is 2.21. The van der Waals surface area contributed by atoms with E-state index in [1.54, 1.807) is 11.8 Å². The number of amides is 2. The standard InChI is InChI=1S/C24H27N3O6/c1-4-33-24(30)20-13-19(14-21(15-20)27(31)32)23(29)26-11-9-25(10-12-26)22(28)18-7-5-17(6-8-18)16(2)3/h5-8,13-16H,4,9-12H2,1-3H3. The molecule has 9 heteroatoms. The number of hydrogen-bond donors (Lipinski definition) is 0. The summed E-state index contributed by atoms with van der Waals surface area (Å²) in [5.74, 6) is -0.883. The number of carbonyl (C=O) groups is 3. The number of benzene rings is 2. The maximum absolute atomic E-state index is 13.0. The van der Waals surface area contributed by atoms with E-state index in [0.717, 1.165) is 17.7 Å². The van der Waals surface area contributed by atoms with Crippen molar-refractivity contribution in [2.24, 2.45) is 0 Å². The van der Waals surface area contributed by atoms with Crippen LogP contribution in [0.5, 0.6) is 0 Å². The second-order valence-corrected chi connectivity index (χ2v) is 8.11. The van der Waals surface area contributed by atoms with E-state index >= 15 is 0 Å². The van der Waals surface area contributed by atoms with Gasteiger partial charge in [-0.1, -0.05) is 26.0 Å². The van der Waals surface area contributed by atoms with Crippen molar-refractivity contribution in [2.45, 2.75) is 26.7 Å². The third-order valence-corrected chi connectivity index (χ3v) is 5.57. The van der Waals surface area contributed by atoms with Gasteiger partial charge in [0.05, 0.1) is 17.1 Å². The average molecular weight is 453 g/mol. The van der Waals surface area contributed by atoms with Gasteiger partial charge in [-0.15, -0.1) is 0 Å². The highest BCUT2D eigenvalue weighted by Gasteiger charge is 2.27. The zero-order chi connectivity index (χ0) is 24.1. The Hall–Kier alpha value is -3.75. The van der Waals surface area contributed by atoms with Gasteiger partial charge in [0.2, 0.25) is 0 Å². The first-order chi connectivity index (χ1) is 15.7. The number of piperazine rings is 1. The largest absolute Gasteiger partial charge is 0.462 e. The van der Waals surface area contributed by atoms with Crippen LogP contribution < -0.4 is 0 Å². The third-order valence-electron chi connectivity index (χ3n) is 5.57. The topological polar surface area (TPSA) is 110 Å². The molecule has 1 heterocycles. The van der Waals surface area contributed by atoms with Crippen LogP contribution in [0.1, 0.15) is 63.3 Å². The first-order valence-electron chi connectivity index (χ1n) is 10.9. The molecule has 9 nitrogen and oxygen atoms in total. The predicted molar refractivity (Wildman–Crippen MR) is 121 cm³/mol. The Balaban J connectivity index is 1.70. The van der Waals surface area contributed by atoms with E-state index in [-0.39, 0.29) is 42.4 Å². The fourth-order valence-corrected chi connectivity index (χ4v) is 3.66. The van der Waals surface area contributed by atoms with Gasteiger partial charge in [0, 0.05) is 49.4 Å². The molecule has 2 aromatic rings. The van der Waals surface area contributed by atoms with E-state index in [1.807, 2.05) is 24.3 Å². The molecule has 174 valence electrons. The van der Waals surface area contributed by atoms with Crippen LogP contribution in [-0.2, 0) is 4.74 Å². The van der Waals surface area contributed by atoms with Crippen LogP contribution in [0, 0.1) is 10.1 Å². The summed E-state index contributed by atoms with van der Waals surface area (Å²) in [4.78, 5) is 51.7. The summed E-state index contributed by atoms with van der Waals surface area (Å²) in [5, 5.41) is 11.3. The summed E-state index contributed by atoms with van der Waals surface area (Å²) < 4.78 is 4.92. The molecule has 0 radical (unpaired) electrons. The second kappa shape index (κ2) is 10.2. The molecule has 0 bridgehead atoms. The van der Waals surface area contributed by atoms with Gasteiger partial charge in [0.25, 0.3) is 17.5 Å². The van der Waals surface area contributed by atoms with Crippen LogP contribution in [0.15, 0.2) is 42.5 Å². The first kappa shape index (κ1) is 23.9. The molecule has 2 aromatic carbocycles. The number of non-ortho nitro benzene ring substituents is 1. The summed E-state index contributed by atoms with van der Waals surface area (Å²) in [7, 11) is 0. The molecular formula is C24H27N3O6. The lowest BCUT2D eigenvalue weighted by Crippen LogP contribution is -2.50. The molecular weight excluding hydrogens is 426 g/mol. The monoisotopic (exact) mass is 453 g/mol. The average Bonchev–Trinajstić information content (AvgIpc) is 2.83. The summed E-state index contributed by atoms with van der Waals surface area (Å²) in [5.41, 5.74) is 1.38. The number of esters is 1. The zero-order valence-corrected chi connectivity index (χ0v) is 18.9. The highest BCUT2D eigenvalue weighted by atomic mass is 16.6. The van der Waals surface area contributed by atoms with Crippen molar-refractivity contribution in [1.29, 1.82) is 0 Å². The molecule has 0 atom stereocenters. The number of hydrogen-bond acceptors (Lipinski definition) is 6. The van der Waals surface area contributed by atoms with Crippen molar-refractivity contribution in [1.82, 2.24) is 9.80 Å². The summed E-state index contributed by atoms with van der Waals surface area (Å²) >= 11 is 0. The van der Waals surface area contributed by atoms with Crippen LogP contribution in [0.3, 0.4) is 0 Å². The Labute approximate surface area is 192 Å². The van der Waals surface area contributed by atoms with Crippen LogP contribution in [0.2, 0.25) is 0 Å². The summed E-state index contributed by atoms with van der Waals surface area (Å²) in [6.07, 6.45) is 0. The van der Waals surface area contributed by atoms with Gasteiger partial charge < -0.3 is 14.5 Å². The normalized spacial score (nSPS) is 13.7. The predicted octanol–water partition coefficient (Wildman–Crippen LogP) is 3.49. The van der Waals surface area contributed by atoms with Crippen molar-refractivity contribution < 1.29 is 24.0 Å². The first-order valence-corrected chi connectivity index (χ1v) is 10.9. The van der Waals surface area contributed by atoms with Gasteiger partial charge in [-0.25, -0.2) is 4.79 Å². The number of rotatable bonds is 6. The third kappa shape index (κ3) is 5.54. The molecule has 0 unspecified atom stereocenters. The number of nitro groups is 1. The number of carbonyl (C=O) groups excluding carboxylic acids is 3. The Morgan fingerprint density at radius 1 is 0.909 bits per heavy atom. The Morgan fingerprint density at radius 3 is 1.91 bits per heavy atom. The highest BCUT2D eigenvalue weighted by molar-refractivity contribution is 5.99. The van der Waals surface area contributed by atoms with E-state index < -0.39 is 16.8 Å². The van der Waals surface area contributed by atoms with Crippen LogP contribution in [0.4, 0.5) is 5.69 Å². The second-order valence-electron chi connectivity index (χ2n) is 8.11. The molecule has 1 saturated heterocycles. The van der Waals surface area contributed by atoms with Crippen LogP contribution in [0.25, 0.3) is 0 Å². The van der Waals surface area contributed by atoms with Gasteiger partial charge in [0.1, 0.15) is 0 Å². The molecule has 2 amide bonds. The quantitative estimate of drug-likeness (QED) is 0.376. The Morgan fingerprint density at radius 2 is 1.42 bits per heavy atom. The number of ether oxygens (including phenoxy) is 1. The maximum atomic E-state index is 13.0. The van der Waals surface area contributed by atoms with E-state index in [2.05, 4.69) is 13.8 Å². The molecule has 0 aromatic heterocycles. The lowest BCUT2D eigenvalue weighted by atomic mass is 10.0. The molecule has 33 heavy (non-hydrogen) atoms. The van der Waals surface area contributed by atoms with Gasteiger partial charge in [-0.2, -0.15) is 0 Å². The Kier molecular flexibility index (Phi) is 7.42. The number of nitro benzene ring substituents is 1. The number of nitrogens with zero attached hydrogens (tertiary/aromatic N) is 3.